The van der Waals surface area contributed by atoms with Gasteiger partial charge in [-0.15, -0.1) is 0 Å². The van der Waals surface area contributed by atoms with Crippen LogP contribution < -0.4 is 10.1 Å². The van der Waals surface area contributed by atoms with E-state index in [9.17, 15) is 9.00 Å². The minimum Gasteiger partial charge on any atom is -0.492 e. The molecular weight excluding hydrogens is 242 g/mol. The van der Waals surface area contributed by atoms with Crippen LogP contribution in [-0.4, -0.2) is 27.2 Å². The molecule has 0 saturated heterocycles. The zero-order valence-corrected chi connectivity index (χ0v) is 9.90. The minimum atomic E-state index is -2.01. The Morgan fingerprint density at radius 1 is 1.53 bits per heavy atom. The Morgan fingerprint density at radius 3 is 3.06 bits per heavy atom. The lowest BCUT2D eigenvalue weighted by molar-refractivity contribution is -0.125. The highest BCUT2D eigenvalue weighted by atomic mass is 32.2. The maximum absolute atomic E-state index is 11.7. The first-order chi connectivity index (χ1) is 8.16. The van der Waals surface area contributed by atoms with E-state index in [2.05, 4.69) is 5.32 Å². The molecule has 92 valence electrons. The van der Waals surface area contributed by atoms with Gasteiger partial charge in [0.25, 0.3) is 0 Å². The molecule has 1 heterocycles. The van der Waals surface area contributed by atoms with Crippen LogP contribution in [0.1, 0.15) is 5.56 Å². The van der Waals surface area contributed by atoms with E-state index >= 15 is 0 Å². The van der Waals surface area contributed by atoms with Crippen molar-refractivity contribution >= 4 is 17.0 Å². The number of hydrogen-bond acceptors (Lipinski definition) is 3. The smallest absolute Gasteiger partial charge is 0.227 e. The summed E-state index contributed by atoms with van der Waals surface area (Å²) in [5.41, 5.74) is 0.990. The van der Waals surface area contributed by atoms with Gasteiger partial charge < -0.3 is 14.6 Å². The maximum Gasteiger partial charge on any atom is 0.227 e. The van der Waals surface area contributed by atoms with E-state index in [0.29, 0.717) is 13.0 Å². The summed E-state index contributed by atoms with van der Waals surface area (Å²) in [5, 5.41) is 2.41. The molecule has 5 nitrogen and oxygen atoms in total. The number of hydrogen-bond donors (Lipinski definition) is 2. The van der Waals surface area contributed by atoms with Crippen molar-refractivity contribution in [2.75, 3.05) is 12.5 Å². The van der Waals surface area contributed by atoms with E-state index in [1.807, 2.05) is 24.3 Å². The highest BCUT2D eigenvalue weighted by molar-refractivity contribution is 7.79. The predicted molar refractivity (Wildman–Crippen MR) is 62.9 cm³/mol. The van der Waals surface area contributed by atoms with E-state index in [-0.39, 0.29) is 17.7 Å². The second kappa shape index (κ2) is 5.29. The van der Waals surface area contributed by atoms with Gasteiger partial charge in [0.2, 0.25) is 5.91 Å². The Morgan fingerprint density at radius 2 is 2.29 bits per heavy atom. The summed E-state index contributed by atoms with van der Waals surface area (Å²) < 4.78 is 24.5. The van der Waals surface area contributed by atoms with Crippen LogP contribution in [0.4, 0.5) is 0 Å². The molecule has 2 unspecified atom stereocenters. The number of amides is 1. The van der Waals surface area contributed by atoms with Gasteiger partial charge in [-0.25, -0.2) is 4.21 Å². The van der Waals surface area contributed by atoms with Gasteiger partial charge in [0.05, 0.1) is 5.92 Å². The van der Waals surface area contributed by atoms with Crippen molar-refractivity contribution in [3.63, 3.8) is 0 Å². The Labute approximate surface area is 101 Å². The molecule has 17 heavy (non-hydrogen) atoms. The molecule has 0 fully saturated rings. The molecule has 1 aromatic carbocycles. The third-order valence-electron chi connectivity index (χ3n) is 2.62. The average Bonchev–Trinajstić information content (AvgIpc) is 2.35. The van der Waals surface area contributed by atoms with Crippen molar-refractivity contribution < 1.29 is 18.3 Å². The summed E-state index contributed by atoms with van der Waals surface area (Å²) in [6.07, 6.45) is 0.597. The van der Waals surface area contributed by atoms with Crippen LogP contribution >= 0.6 is 0 Å². The normalized spacial score (nSPS) is 19.9. The third kappa shape index (κ3) is 3.04. The van der Waals surface area contributed by atoms with Crippen LogP contribution in [0.5, 0.6) is 5.75 Å². The molecule has 2 atom stereocenters. The van der Waals surface area contributed by atoms with Crippen molar-refractivity contribution in [2.45, 2.75) is 6.42 Å². The summed E-state index contributed by atoms with van der Waals surface area (Å²) in [6, 6.07) is 7.56. The van der Waals surface area contributed by atoms with E-state index in [1.54, 1.807) is 0 Å². The molecule has 1 aromatic rings. The van der Waals surface area contributed by atoms with Crippen LogP contribution in [0.15, 0.2) is 24.3 Å². The summed E-state index contributed by atoms with van der Waals surface area (Å²) in [5.74, 6) is 0.0226. The lowest BCUT2D eigenvalue weighted by Crippen LogP contribution is -2.38. The fourth-order valence-corrected chi connectivity index (χ4v) is 2.04. The standard InChI is InChI=1S/C11H13NO4S/c13-11(12-7-17(14)15)9-5-8-3-1-2-4-10(8)16-6-9/h1-4,9H,5-7H2,(H,12,13)(H,14,15). The van der Waals surface area contributed by atoms with E-state index in [0.717, 1.165) is 11.3 Å². The molecule has 6 heteroatoms. The largest absolute Gasteiger partial charge is 0.492 e. The van der Waals surface area contributed by atoms with Crippen molar-refractivity contribution in [1.82, 2.24) is 5.32 Å². The number of ether oxygens (including phenoxy) is 1. The van der Waals surface area contributed by atoms with Crippen LogP contribution in [-0.2, 0) is 22.3 Å². The van der Waals surface area contributed by atoms with Gasteiger partial charge in [-0.3, -0.25) is 4.79 Å². The number of benzene rings is 1. The lowest BCUT2D eigenvalue weighted by Gasteiger charge is -2.24. The zero-order chi connectivity index (χ0) is 12.3. The molecule has 0 spiro atoms. The first-order valence-corrected chi connectivity index (χ1v) is 6.50. The fourth-order valence-electron chi connectivity index (χ4n) is 1.77. The van der Waals surface area contributed by atoms with E-state index in [4.69, 9.17) is 9.29 Å². The van der Waals surface area contributed by atoms with Crippen molar-refractivity contribution in [3.05, 3.63) is 29.8 Å². The molecule has 0 aliphatic carbocycles. The molecule has 1 aliphatic rings. The monoisotopic (exact) mass is 255 g/mol. The lowest BCUT2D eigenvalue weighted by atomic mass is 9.96. The molecule has 2 rings (SSSR count). The molecule has 1 aliphatic heterocycles. The SMILES string of the molecule is O=C(NCS(=O)O)C1COc2ccccc2C1. The van der Waals surface area contributed by atoms with E-state index in [1.165, 1.54) is 0 Å². The quantitative estimate of drug-likeness (QED) is 0.773. The minimum absolute atomic E-state index is 0.239. The van der Waals surface area contributed by atoms with Gasteiger partial charge in [-0.05, 0) is 18.1 Å². The Bertz CT molecular complexity index is 449. The molecule has 0 saturated carbocycles. The average molecular weight is 255 g/mol. The molecule has 0 radical (unpaired) electrons. The molecular formula is C11H13NO4S. The Hall–Kier alpha value is -1.40. The van der Waals surface area contributed by atoms with Crippen molar-refractivity contribution in [1.29, 1.82) is 0 Å². The van der Waals surface area contributed by atoms with Crippen LogP contribution in [0.2, 0.25) is 0 Å². The van der Waals surface area contributed by atoms with Gasteiger partial charge in [-0.1, -0.05) is 18.2 Å². The third-order valence-corrected chi connectivity index (χ3v) is 3.01. The molecule has 0 bridgehead atoms. The summed E-state index contributed by atoms with van der Waals surface area (Å²) in [7, 11) is 0. The predicted octanol–water partition coefficient (Wildman–Crippen LogP) is 0.533. The number of fused-ring (bicyclic) bond motifs is 1. The summed E-state index contributed by atoms with van der Waals surface area (Å²) >= 11 is -2.01. The Kier molecular flexibility index (Phi) is 3.75. The van der Waals surface area contributed by atoms with Crippen LogP contribution in [0.25, 0.3) is 0 Å². The Balaban J connectivity index is 1.97. The van der Waals surface area contributed by atoms with Crippen LogP contribution in [0.3, 0.4) is 0 Å². The van der Waals surface area contributed by atoms with Gasteiger partial charge in [0.1, 0.15) is 18.2 Å². The van der Waals surface area contributed by atoms with Gasteiger partial charge >= 0.3 is 0 Å². The number of nitrogens with one attached hydrogen (secondary N) is 1. The first-order valence-electron chi connectivity index (χ1n) is 5.22. The van der Waals surface area contributed by atoms with Crippen LogP contribution in [0, 0.1) is 5.92 Å². The molecule has 1 amide bonds. The first kappa shape index (κ1) is 12.1. The van der Waals surface area contributed by atoms with Crippen molar-refractivity contribution in [2.24, 2.45) is 5.92 Å². The van der Waals surface area contributed by atoms with Gasteiger partial charge in [0, 0.05) is 0 Å². The maximum atomic E-state index is 11.7. The van der Waals surface area contributed by atoms with Gasteiger partial charge in [0.15, 0.2) is 11.1 Å². The topological polar surface area (TPSA) is 75.6 Å². The van der Waals surface area contributed by atoms with Crippen molar-refractivity contribution in [3.8, 4) is 5.75 Å². The second-order valence-corrected chi connectivity index (χ2v) is 4.76. The number of carbonyl (C=O) groups excluding carboxylic acids is 1. The summed E-state index contributed by atoms with van der Waals surface area (Å²) in [6.45, 7) is 0.306. The van der Waals surface area contributed by atoms with E-state index < -0.39 is 11.1 Å². The highest BCUT2D eigenvalue weighted by Gasteiger charge is 2.25. The molecule has 2 N–H and O–H groups in total. The zero-order valence-electron chi connectivity index (χ0n) is 9.09. The number of para-hydroxylation sites is 1. The highest BCUT2D eigenvalue weighted by Crippen LogP contribution is 2.26. The fraction of sp³-hybridized carbons (Fsp3) is 0.364. The summed E-state index contributed by atoms with van der Waals surface area (Å²) in [4.78, 5) is 11.7. The number of carbonyl (C=O) groups is 1. The second-order valence-electron chi connectivity index (χ2n) is 3.83. The number of rotatable bonds is 3. The molecule has 0 aromatic heterocycles. The van der Waals surface area contributed by atoms with Gasteiger partial charge in [-0.2, -0.15) is 0 Å².